The van der Waals surface area contributed by atoms with Gasteiger partial charge in [-0.1, -0.05) is 0 Å². The molecule has 92 valence electrons. The maximum atomic E-state index is 5.27. The lowest BCUT2D eigenvalue weighted by Gasteiger charge is -2.24. The molecular weight excluding hydrogens is 204 g/mol. The molecule has 1 aromatic rings. The Morgan fingerprint density at radius 1 is 1.38 bits per heavy atom. The van der Waals surface area contributed by atoms with E-state index in [2.05, 4.69) is 36.2 Å². The average molecular weight is 226 g/mol. The zero-order valence-electron chi connectivity index (χ0n) is 10.6. The van der Waals surface area contributed by atoms with Crippen LogP contribution in [0.15, 0.2) is 12.7 Å². The lowest BCUT2D eigenvalue weighted by molar-refractivity contribution is 0.0845. The molecule has 1 aromatic heterocycles. The summed E-state index contributed by atoms with van der Waals surface area (Å²) < 4.78 is 7.12. The van der Waals surface area contributed by atoms with Gasteiger partial charge in [-0.25, -0.2) is 4.98 Å². The number of nitrogens with zero attached hydrogens (tertiary/aromatic N) is 3. The number of rotatable bonds is 7. The van der Waals surface area contributed by atoms with Gasteiger partial charge in [0, 0.05) is 25.7 Å². The first-order valence-electron chi connectivity index (χ1n) is 5.74. The van der Waals surface area contributed by atoms with E-state index in [0.717, 1.165) is 13.0 Å². The molecule has 0 saturated heterocycles. The molecule has 0 aliphatic rings. The lowest BCUT2D eigenvalue weighted by Crippen LogP contribution is -2.42. The van der Waals surface area contributed by atoms with Crippen LogP contribution in [0.25, 0.3) is 0 Å². The molecule has 1 N–H and O–H groups in total. The summed E-state index contributed by atoms with van der Waals surface area (Å²) >= 11 is 0. The Labute approximate surface area is 97.2 Å². The SMILES string of the molecule is COC(C)C(C)NC(C)CCn1cncn1. The number of methoxy groups -OCH3 is 1. The molecule has 5 heteroatoms. The molecule has 0 aromatic carbocycles. The summed E-state index contributed by atoms with van der Waals surface area (Å²) in [6.07, 6.45) is 4.57. The third-order valence-corrected chi connectivity index (χ3v) is 2.88. The molecule has 0 radical (unpaired) electrons. The van der Waals surface area contributed by atoms with Gasteiger partial charge in [0.1, 0.15) is 12.7 Å². The largest absolute Gasteiger partial charge is 0.380 e. The fourth-order valence-corrected chi connectivity index (χ4v) is 1.55. The first-order valence-corrected chi connectivity index (χ1v) is 5.74. The van der Waals surface area contributed by atoms with Gasteiger partial charge >= 0.3 is 0 Å². The minimum atomic E-state index is 0.230. The highest BCUT2D eigenvalue weighted by molar-refractivity contribution is 4.72. The van der Waals surface area contributed by atoms with E-state index in [9.17, 15) is 0 Å². The zero-order valence-corrected chi connectivity index (χ0v) is 10.6. The highest BCUT2D eigenvalue weighted by atomic mass is 16.5. The van der Waals surface area contributed by atoms with Gasteiger partial charge in [0.15, 0.2) is 0 Å². The summed E-state index contributed by atoms with van der Waals surface area (Å²) in [5, 5.41) is 7.58. The third kappa shape index (κ3) is 4.28. The van der Waals surface area contributed by atoms with Crippen LogP contribution in [0.5, 0.6) is 0 Å². The summed E-state index contributed by atoms with van der Waals surface area (Å²) in [6.45, 7) is 7.28. The van der Waals surface area contributed by atoms with Crippen LogP contribution >= 0.6 is 0 Å². The van der Waals surface area contributed by atoms with E-state index >= 15 is 0 Å². The van der Waals surface area contributed by atoms with Crippen molar-refractivity contribution in [3.63, 3.8) is 0 Å². The second-order valence-corrected chi connectivity index (χ2v) is 4.24. The summed E-state index contributed by atoms with van der Waals surface area (Å²) in [6, 6.07) is 0.799. The summed E-state index contributed by atoms with van der Waals surface area (Å²) in [7, 11) is 1.74. The summed E-state index contributed by atoms with van der Waals surface area (Å²) in [5.74, 6) is 0. The van der Waals surface area contributed by atoms with Gasteiger partial charge in [-0.15, -0.1) is 0 Å². The summed E-state index contributed by atoms with van der Waals surface area (Å²) in [5.41, 5.74) is 0. The van der Waals surface area contributed by atoms with E-state index in [1.54, 1.807) is 19.8 Å². The van der Waals surface area contributed by atoms with Gasteiger partial charge in [0.25, 0.3) is 0 Å². The minimum Gasteiger partial charge on any atom is -0.380 e. The normalized spacial score (nSPS) is 17.0. The molecule has 16 heavy (non-hydrogen) atoms. The van der Waals surface area contributed by atoms with Crippen molar-refractivity contribution >= 4 is 0 Å². The Kier molecular flexibility index (Phi) is 5.42. The fourth-order valence-electron chi connectivity index (χ4n) is 1.55. The highest BCUT2D eigenvalue weighted by Crippen LogP contribution is 2.01. The number of hydrogen-bond acceptors (Lipinski definition) is 4. The summed E-state index contributed by atoms with van der Waals surface area (Å²) in [4.78, 5) is 3.91. The third-order valence-electron chi connectivity index (χ3n) is 2.88. The minimum absolute atomic E-state index is 0.230. The van der Waals surface area contributed by atoms with E-state index in [1.165, 1.54) is 0 Å². The molecule has 0 fully saturated rings. The quantitative estimate of drug-likeness (QED) is 0.755. The van der Waals surface area contributed by atoms with E-state index in [0.29, 0.717) is 12.1 Å². The topological polar surface area (TPSA) is 52.0 Å². The first kappa shape index (κ1) is 13.1. The van der Waals surface area contributed by atoms with Gasteiger partial charge in [-0.3, -0.25) is 4.68 Å². The highest BCUT2D eigenvalue weighted by Gasteiger charge is 2.13. The molecule has 3 atom stereocenters. The molecule has 0 aliphatic heterocycles. The van der Waals surface area contributed by atoms with Crippen molar-refractivity contribution in [3.05, 3.63) is 12.7 Å². The Balaban J connectivity index is 2.22. The average Bonchev–Trinajstić information content (AvgIpc) is 2.78. The molecule has 0 bridgehead atoms. The maximum Gasteiger partial charge on any atom is 0.137 e. The smallest absolute Gasteiger partial charge is 0.137 e. The van der Waals surface area contributed by atoms with Gasteiger partial charge in [0.05, 0.1) is 6.10 Å². The molecular formula is C11H22N4O. The molecule has 1 rings (SSSR count). The van der Waals surface area contributed by atoms with Crippen LogP contribution in [0, 0.1) is 0 Å². The van der Waals surface area contributed by atoms with Crippen LogP contribution in [-0.4, -0.2) is 40.1 Å². The standard InChI is InChI=1S/C11H22N4O/c1-9(14-10(2)11(3)16-4)5-6-15-8-12-7-13-15/h7-11,14H,5-6H2,1-4H3. The van der Waals surface area contributed by atoms with Crippen LogP contribution in [0.2, 0.25) is 0 Å². The van der Waals surface area contributed by atoms with Crippen LogP contribution < -0.4 is 5.32 Å². The fraction of sp³-hybridized carbons (Fsp3) is 0.818. The van der Waals surface area contributed by atoms with Gasteiger partial charge in [-0.2, -0.15) is 5.10 Å². The number of hydrogen-bond donors (Lipinski definition) is 1. The number of ether oxygens (including phenoxy) is 1. The predicted octanol–water partition coefficient (Wildman–Crippen LogP) is 1.07. The van der Waals surface area contributed by atoms with E-state index in [4.69, 9.17) is 4.74 Å². The molecule has 0 amide bonds. The van der Waals surface area contributed by atoms with Crippen molar-refractivity contribution in [2.45, 2.75) is 51.9 Å². The zero-order chi connectivity index (χ0) is 12.0. The molecule has 0 saturated carbocycles. The van der Waals surface area contributed by atoms with Crippen molar-refractivity contribution in [2.24, 2.45) is 0 Å². The van der Waals surface area contributed by atoms with Crippen LogP contribution in [0.4, 0.5) is 0 Å². The Morgan fingerprint density at radius 2 is 2.12 bits per heavy atom. The molecule has 3 unspecified atom stereocenters. The number of nitrogens with one attached hydrogen (secondary N) is 1. The lowest BCUT2D eigenvalue weighted by atomic mass is 10.1. The van der Waals surface area contributed by atoms with Crippen LogP contribution in [-0.2, 0) is 11.3 Å². The monoisotopic (exact) mass is 226 g/mol. The Hall–Kier alpha value is -0.940. The van der Waals surface area contributed by atoms with E-state index in [1.807, 2.05) is 4.68 Å². The number of aryl methyl sites for hydroxylation is 1. The van der Waals surface area contributed by atoms with Crippen molar-refractivity contribution in [1.82, 2.24) is 20.1 Å². The van der Waals surface area contributed by atoms with E-state index < -0.39 is 0 Å². The van der Waals surface area contributed by atoms with Gasteiger partial charge in [-0.05, 0) is 27.2 Å². The maximum absolute atomic E-state index is 5.27. The van der Waals surface area contributed by atoms with E-state index in [-0.39, 0.29) is 6.10 Å². The first-order chi connectivity index (χ1) is 7.63. The van der Waals surface area contributed by atoms with Crippen LogP contribution in [0.1, 0.15) is 27.2 Å². The molecule has 5 nitrogen and oxygen atoms in total. The van der Waals surface area contributed by atoms with Gasteiger partial charge in [0.2, 0.25) is 0 Å². The molecule has 1 heterocycles. The van der Waals surface area contributed by atoms with Crippen molar-refractivity contribution < 1.29 is 4.74 Å². The number of aromatic nitrogens is 3. The van der Waals surface area contributed by atoms with Crippen molar-refractivity contribution in [1.29, 1.82) is 0 Å². The Morgan fingerprint density at radius 3 is 2.69 bits per heavy atom. The molecule has 0 aliphatic carbocycles. The van der Waals surface area contributed by atoms with Crippen molar-refractivity contribution in [3.8, 4) is 0 Å². The van der Waals surface area contributed by atoms with Crippen molar-refractivity contribution in [2.75, 3.05) is 7.11 Å². The van der Waals surface area contributed by atoms with Gasteiger partial charge < -0.3 is 10.1 Å². The van der Waals surface area contributed by atoms with Crippen LogP contribution in [0.3, 0.4) is 0 Å². The predicted molar refractivity (Wildman–Crippen MR) is 63.2 cm³/mol. The molecule has 0 spiro atoms. The Bertz CT molecular complexity index is 276. The second-order valence-electron chi connectivity index (χ2n) is 4.24. The second kappa shape index (κ2) is 6.60.